The van der Waals surface area contributed by atoms with Gasteiger partial charge in [-0.2, -0.15) is 10.1 Å². The summed E-state index contributed by atoms with van der Waals surface area (Å²) in [5, 5.41) is 21.7. The SMILES string of the molecule is CNC(=O)c1nnc2nc1Nc1cc(cc(-c3ncn(C)n3)c1C)CCCc1cccc(n1)N2. The molecule has 4 heterocycles. The van der Waals surface area contributed by atoms with Gasteiger partial charge in [-0.25, -0.2) is 9.97 Å². The molecule has 1 aliphatic rings. The van der Waals surface area contributed by atoms with Crippen LogP contribution in [0.15, 0.2) is 36.7 Å². The Balaban J connectivity index is 1.67. The lowest BCUT2D eigenvalue weighted by atomic mass is 9.98. The van der Waals surface area contributed by atoms with E-state index in [9.17, 15) is 4.79 Å². The molecule has 6 bridgehead atoms. The summed E-state index contributed by atoms with van der Waals surface area (Å²) in [6.07, 6.45) is 4.25. The predicted octanol–water partition coefficient (Wildman–Crippen LogP) is 2.71. The van der Waals surface area contributed by atoms with Crippen LogP contribution in [-0.4, -0.2) is 47.9 Å². The number of rotatable bonds is 2. The fourth-order valence-electron chi connectivity index (χ4n) is 3.88. The zero-order valence-electron chi connectivity index (χ0n) is 19.1. The number of carbonyl (C=O) groups excluding carboxylic acids is 1. The first-order valence-corrected chi connectivity index (χ1v) is 11.0. The van der Waals surface area contributed by atoms with E-state index in [1.54, 1.807) is 11.0 Å². The standard InChI is InChI=1S/C23H24N10O/c1-13-16(20-25-12-33(3)32-20)10-14-6-4-7-15-8-5-9-18(26-15)28-23-29-21(27-17(13)11-14)19(30-31-23)22(34)24-2/h5,8-12H,4,6-7H2,1-3H3,(H,24,34)(H2,26,27,28,29,31). The lowest BCUT2D eigenvalue weighted by Gasteiger charge is -2.17. The molecule has 0 fully saturated rings. The highest BCUT2D eigenvalue weighted by Gasteiger charge is 2.20. The number of fused-ring (bicyclic) bond motifs is 6. The van der Waals surface area contributed by atoms with Crippen LogP contribution in [0.1, 0.15) is 33.7 Å². The molecule has 0 radical (unpaired) electrons. The maximum absolute atomic E-state index is 12.5. The molecule has 0 aliphatic carbocycles. The van der Waals surface area contributed by atoms with Crippen molar-refractivity contribution in [3.8, 4) is 11.4 Å². The van der Waals surface area contributed by atoms with Crippen LogP contribution < -0.4 is 16.0 Å². The quantitative estimate of drug-likeness (QED) is 0.416. The number of carbonyl (C=O) groups is 1. The van der Waals surface area contributed by atoms with E-state index in [0.717, 1.165) is 47.3 Å². The van der Waals surface area contributed by atoms with Crippen LogP contribution in [0.5, 0.6) is 0 Å². The van der Waals surface area contributed by atoms with Crippen LogP contribution in [0.4, 0.5) is 23.3 Å². The van der Waals surface area contributed by atoms with Gasteiger partial charge in [0.05, 0.1) is 0 Å². The third-order valence-electron chi connectivity index (χ3n) is 5.63. The van der Waals surface area contributed by atoms with Crippen LogP contribution >= 0.6 is 0 Å². The number of anilines is 4. The van der Waals surface area contributed by atoms with Gasteiger partial charge in [0.2, 0.25) is 5.95 Å². The van der Waals surface area contributed by atoms with Crippen molar-refractivity contribution in [1.29, 1.82) is 0 Å². The Morgan fingerprint density at radius 3 is 2.79 bits per heavy atom. The molecule has 11 heteroatoms. The van der Waals surface area contributed by atoms with Crippen molar-refractivity contribution < 1.29 is 4.79 Å². The average molecular weight is 457 g/mol. The van der Waals surface area contributed by atoms with E-state index in [-0.39, 0.29) is 17.5 Å². The van der Waals surface area contributed by atoms with Crippen LogP contribution in [0, 0.1) is 6.92 Å². The molecule has 34 heavy (non-hydrogen) atoms. The van der Waals surface area contributed by atoms with Gasteiger partial charge in [0.25, 0.3) is 5.91 Å². The highest BCUT2D eigenvalue weighted by molar-refractivity contribution is 5.97. The molecule has 3 aromatic heterocycles. The van der Waals surface area contributed by atoms with Crippen LogP contribution in [-0.2, 0) is 19.9 Å². The third kappa shape index (κ3) is 4.27. The van der Waals surface area contributed by atoms with Gasteiger partial charge in [-0.1, -0.05) is 6.07 Å². The normalized spacial score (nSPS) is 12.8. The summed E-state index contributed by atoms with van der Waals surface area (Å²) in [4.78, 5) is 26.2. The molecule has 1 amide bonds. The molecule has 4 aromatic rings. The van der Waals surface area contributed by atoms with E-state index in [1.165, 1.54) is 7.05 Å². The molecule has 11 nitrogen and oxygen atoms in total. The fraction of sp³-hybridized carbons (Fsp3) is 0.261. The number of aryl methyl sites for hydroxylation is 3. The minimum atomic E-state index is -0.393. The number of nitrogens with zero attached hydrogens (tertiary/aromatic N) is 7. The number of amides is 1. The molecular formula is C23H24N10O. The van der Waals surface area contributed by atoms with Gasteiger partial charge in [0.15, 0.2) is 17.3 Å². The Bertz CT molecular complexity index is 1380. The summed E-state index contributed by atoms with van der Waals surface area (Å²) in [5.41, 5.74) is 4.81. The summed E-state index contributed by atoms with van der Waals surface area (Å²) in [7, 11) is 3.38. The fourth-order valence-corrected chi connectivity index (χ4v) is 3.88. The summed E-state index contributed by atoms with van der Waals surface area (Å²) in [5.74, 6) is 1.38. The second-order valence-electron chi connectivity index (χ2n) is 8.09. The van der Waals surface area contributed by atoms with Gasteiger partial charge in [-0.15, -0.1) is 10.2 Å². The monoisotopic (exact) mass is 456 g/mol. The van der Waals surface area contributed by atoms with Crippen molar-refractivity contribution in [2.75, 3.05) is 17.7 Å². The second kappa shape index (κ2) is 8.85. The first-order valence-electron chi connectivity index (χ1n) is 11.0. The molecule has 0 saturated heterocycles. The number of hydrogen-bond donors (Lipinski definition) is 3. The third-order valence-corrected chi connectivity index (χ3v) is 5.63. The van der Waals surface area contributed by atoms with Gasteiger partial charge in [-0.05, 0) is 61.6 Å². The number of pyridine rings is 1. The van der Waals surface area contributed by atoms with Gasteiger partial charge in [0.1, 0.15) is 12.1 Å². The largest absolute Gasteiger partial charge is 0.354 e. The summed E-state index contributed by atoms with van der Waals surface area (Å²) in [6, 6.07) is 9.98. The van der Waals surface area contributed by atoms with E-state index in [1.807, 2.05) is 32.2 Å². The van der Waals surface area contributed by atoms with Gasteiger partial charge in [-0.3, -0.25) is 9.48 Å². The van der Waals surface area contributed by atoms with Gasteiger partial charge >= 0.3 is 0 Å². The summed E-state index contributed by atoms with van der Waals surface area (Å²) < 4.78 is 1.68. The summed E-state index contributed by atoms with van der Waals surface area (Å²) >= 11 is 0. The predicted molar refractivity (Wildman–Crippen MR) is 127 cm³/mol. The zero-order valence-corrected chi connectivity index (χ0v) is 19.1. The maximum Gasteiger partial charge on any atom is 0.275 e. The molecule has 1 aromatic carbocycles. The van der Waals surface area contributed by atoms with Crippen LogP contribution in [0.2, 0.25) is 0 Å². The Hall–Kier alpha value is -4.41. The van der Waals surface area contributed by atoms with Crippen molar-refractivity contribution in [2.24, 2.45) is 7.05 Å². The van der Waals surface area contributed by atoms with E-state index in [0.29, 0.717) is 11.6 Å². The van der Waals surface area contributed by atoms with Crippen molar-refractivity contribution in [3.05, 3.63) is 59.2 Å². The number of benzene rings is 1. The highest BCUT2D eigenvalue weighted by Crippen LogP contribution is 2.32. The smallest absolute Gasteiger partial charge is 0.275 e. The Kier molecular flexibility index (Phi) is 5.58. The number of nitrogens with one attached hydrogen (secondary N) is 3. The molecule has 5 rings (SSSR count). The zero-order chi connectivity index (χ0) is 23.7. The lowest BCUT2D eigenvalue weighted by molar-refractivity contribution is 0.0957. The van der Waals surface area contributed by atoms with Crippen molar-refractivity contribution in [2.45, 2.75) is 26.2 Å². The van der Waals surface area contributed by atoms with Crippen molar-refractivity contribution in [3.63, 3.8) is 0 Å². The van der Waals surface area contributed by atoms with Crippen LogP contribution in [0.25, 0.3) is 11.4 Å². The average Bonchev–Trinajstić information content (AvgIpc) is 3.26. The Morgan fingerprint density at radius 2 is 2.00 bits per heavy atom. The minimum absolute atomic E-state index is 0.0872. The van der Waals surface area contributed by atoms with Gasteiger partial charge in [0, 0.05) is 31.0 Å². The van der Waals surface area contributed by atoms with E-state index >= 15 is 0 Å². The van der Waals surface area contributed by atoms with Crippen molar-refractivity contribution >= 4 is 29.2 Å². The first-order chi connectivity index (χ1) is 16.5. The number of hydrogen-bond acceptors (Lipinski definition) is 9. The minimum Gasteiger partial charge on any atom is -0.354 e. The molecular weight excluding hydrogens is 432 g/mol. The molecule has 0 saturated carbocycles. The lowest BCUT2D eigenvalue weighted by Crippen LogP contribution is -2.22. The van der Waals surface area contributed by atoms with E-state index in [2.05, 4.69) is 58.3 Å². The second-order valence-corrected chi connectivity index (χ2v) is 8.09. The Morgan fingerprint density at radius 1 is 1.12 bits per heavy atom. The topological polar surface area (TPSA) is 135 Å². The molecule has 0 atom stereocenters. The van der Waals surface area contributed by atoms with Crippen LogP contribution in [0.3, 0.4) is 0 Å². The number of aromatic nitrogens is 7. The van der Waals surface area contributed by atoms with Crippen molar-refractivity contribution in [1.82, 2.24) is 40.2 Å². The molecule has 172 valence electrons. The van der Waals surface area contributed by atoms with Gasteiger partial charge < -0.3 is 16.0 Å². The van der Waals surface area contributed by atoms with E-state index in [4.69, 9.17) is 0 Å². The Labute approximate surface area is 196 Å². The first kappa shape index (κ1) is 21.4. The molecule has 3 N–H and O–H groups in total. The highest BCUT2D eigenvalue weighted by atomic mass is 16.1. The molecule has 0 unspecified atom stereocenters. The van der Waals surface area contributed by atoms with E-state index < -0.39 is 5.91 Å². The molecule has 1 aliphatic heterocycles. The maximum atomic E-state index is 12.5. The molecule has 0 spiro atoms. The summed E-state index contributed by atoms with van der Waals surface area (Å²) in [6.45, 7) is 1.99.